The molecule has 0 aliphatic carbocycles. The Balaban J connectivity index is 1.73. The van der Waals surface area contributed by atoms with Crippen molar-refractivity contribution in [2.75, 3.05) is 13.1 Å². The van der Waals surface area contributed by atoms with Gasteiger partial charge >= 0.3 is 0 Å². The second-order valence-electron chi connectivity index (χ2n) is 4.89. The highest BCUT2D eigenvalue weighted by Gasteiger charge is 2.16. The van der Waals surface area contributed by atoms with E-state index in [0.29, 0.717) is 11.4 Å². The first-order valence-corrected chi connectivity index (χ1v) is 6.79. The first-order chi connectivity index (χ1) is 9.83. The van der Waals surface area contributed by atoms with Gasteiger partial charge in [-0.25, -0.2) is 9.97 Å². The molecule has 1 fully saturated rings. The van der Waals surface area contributed by atoms with E-state index in [0.717, 1.165) is 25.9 Å². The summed E-state index contributed by atoms with van der Waals surface area (Å²) in [4.78, 5) is 20.5. The van der Waals surface area contributed by atoms with Crippen LogP contribution in [-0.2, 0) is 0 Å². The largest absolute Gasteiger partial charge is 0.348 e. The third kappa shape index (κ3) is 2.85. The Hall–Kier alpha value is -2.21. The van der Waals surface area contributed by atoms with Gasteiger partial charge in [0, 0.05) is 36.7 Å². The van der Waals surface area contributed by atoms with E-state index in [2.05, 4.69) is 20.6 Å². The molecule has 1 aliphatic heterocycles. The zero-order valence-corrected chi connectivity index (χ0v) is 11.1. The van der Waals surface area contributed by atoms with E-state index in [4.69, 9.17) is 0 Å². The summed E-state index contributed by atoms with van der Waals surface area (Å²) in [7, 11) is 0. The monoisotopic (exact) mass is 271 g/mol. The second-order valence-corrected chi connectivity index (χ2v) is 4.89. The van der Waals surface area contributed by atoms with Crippen LogP contribution in [0.25, 0.3) is 5.82 Å². The van der Waals surface area contributed by atoms with Crippen molar-refractivity contribution in [3.05, 3.63) is 42.6 Å². The Morgan fingerprint density at radius 2 is 2.40 bits per heavy atom. The molecule has 20 heavy (non-hydrogen) atoms. The zero-order chi connectivity index (χ0) is 13.8. The average Bonchev–Trinajstić information content (AvgIpc) is 3.03. The molecule has 2 N–H and O–H groups in total. The van der Waals surface area contributed by atoms with Crippen LogP contribution in [0, 0.1) is 0 Å². The highest BCUT2D eigenvalue weighted by molar-refractivity contribution is 5.94. The molecule has 3 rings (SSSR count). The third-order valence-corrected chi connectivity index (χ3v) is 3.41. The summed E-state index contributed by atoms with van der Waals surface area (Å²) in [5, 5.41) is 6.34. The minimum absolute atomic E-state index is 0.0533. The molecule has 6 heteroatoms. The van der Waals surface area contributed by atoms with Crippen molar-refractivity contribution in [1.82, 2.24) is 25.2 Å². The molecule has 0 bridgehead atoms. The maximum absolute atomic E-state index is 12.2. The first-order valence-electron chi connectivity index (χ1n) is 6.79. The molecular weight excluding hydrogens is 254 g/mol. The number of aromatic nitrogens is 3. The van der Waals surface area contributed by atoms with Crippen molar-refractivity contribution in [2.45, 2.75) is 18.9 Å². The number of carbonyl (C=O) groups is 1. The highest BCUT2D eigenvalue weighted by Crippen LogP contribution is 2.08. The molecule has 1 saturated heterocycles. The lowest BCUT2D eigenvalue weighted by atomic mass is 10.1. The van der Waals surface area contributed by atoms with E-state index in [1.807, 2.05) is 0 Å². The van der Waals surface area contributed by atoms with Gasteiger partial charge in [-0.1, -0.05) is 0 Å². The SMILES string of the molecule is O=C(NC1CCCNC1)c1ccnc(-n2ccnc2)c1. The molecule has 6 nitrogen and oxygen atoms in total. The first kappa shape index (κ1) is 12.8. The summed E-state index contributed by atoms with van der Waals surface area (Å²) >= 11 is 0. The summed E-state index contributed by atoms with van der Waals surface area (Å²) in [5.74, 6) is 0.638. The van der Waals surface area contributed by atoms with Gasteiger partial charge < -0.3 is 10.6 Å². The number of piperidine rings is 1. The van der Waals surface area contributed by atoms with Gasteiger partial charge in [0.1, 0.15) is 12.1 Å². The van der Waals surface area contributed by atoms with Crippen molar-refractivity contribution >= 4 is 5.91 Å². The minimum atomic E-state index is -0.0533. The fraction of sp³-hybridized carbons (Fsp3) is 0.357. The van der Waals surface area contributed by atoms with E-state index in [-0.39, 0.29) is 11.9 Å². The number of hydrogen-bond donors (Lipinski definition) is 2. The number of amides is 1. The molecular formula is C14H17N5O. The minimum Gasteiger partial charge on any atom is -0.348 e. The van der Waals surface area contributed by atoms with Gasteiger partial charge in [-0.05, 0) is 31.5 Å². The number of pyridine rings is 1. The van der Waals surface area contributed by atoms with Crippen molar-refractivity contribution in [2.24, 2.45) is 0 Å². The van der Waals surface area contributed by atoms with Gasteiger partial charge in [-0.15, -0.1) is 0 Å². The molecule has 0 aromatic carbocycles. The Labute approximate surface area is 117 Å². The second kappa shape index (κ2) is 5.83. The van der Waals surface area contributed by atoms with Crippen molar-refractivity contribution in [3.8, 4) is 5.82 Å². The van der Waals surface area contributed by atoms with Gasteiger partial charge in [-0.3, -0.25) is 9.36 Å². The van der Waals surface area contributed by atoms with Crippen LogP contribution in [0.15, 0.2) is 37.1 Å². The topological polar surface area (TPSA) is 71.8 Å². The zero-order valence-electron chi connectivity index (χ0n) is 11.1. The molecule has 3 heterocycles. The number of carbonyl (C=O) groups excluding carboxylic acids is 1. The van der Waals surface area contributed by atoms with Crippen LogP contribution in [0.3, 0.4) is 0 Å². The van der Waals surface area contributed by atoms with E-state index in [9.17, 15) is 4.79 Å². The summed E-state index contributed by atoms with van der Waals surface area (Å²) in [6, 6.07) is 3.71. The molecule has 2 aromatic rings. The molecule has 1 unspecified atom stereocenters. The van der Waals surface area contributed by atoms with Crippen molar-refractivity contribution in [3.63, 3.8) is 0 Å². The van der Waals surface area contributed by atoms with Crippen LogP contribution in [-0.4, -0.2) is 39.6 Å². The highest BCUT2D eigenvalue weighted by atomic mass is 16.1. The normalized spacial score (nSPS) is 18.7. The van der Waals surface area contributed by atoms with Gasteiger partial charge in [0.2, 0.25) is 0 Å². The van der Waals surface area contributed by atoms with E-state index in [1.54, 1.807) is 41.6 Å². The summed E-state index contributed by atoms with van der Waals surface area (Å²) in [6.07, 6.45) is 8.91. The van der Waals surface area contributed by atoms with Crippen LogP contribution in [0.4, 0.5) is 0 Å². The number of imidazole rings is 1. The molecule has 2 aromatic heterocycles. The standard InChI is InChI=1S/C14H17N5O/c20-14(18-12-2-1-4-15-9-12)11-3-5-17-13(8-11)19-7-6-16-10-19/h3,5-8,10,12,15H,1-2,4,9H2,(H,18,20). The maximum Gasteiger partial charge on any atom is 0.251 e. The molecule has 104 valence electrons. The average molecular weight is 271 g/mol. The van der Waals surface area contributed by atoms with Crippen LogP contribution in [0.5, 0.6) is 0 Å². The molecule has 1 aliphatic rings. The fourth-order valence-corrected chi connectivity index (χ4v) is 2.34. The van der Waals surface area contributed by atoms with Crippen LogP contribution < -0.4 is 10.6 Å². The van der Waals surface area contributed by atoms with Crippen molar-refractivity contribution < 1.29 is 4.79 Å². The Morgan fingerprint density at radius 1 is 1.45 bits per heavy atom. The number of hydrogen-bond acceptors (Lipinski definition) is 4. The Morgan fingerprint density at radius 3 is 3.15 bits per heavy atom. The van der Waals surface area contributed by atoms with Crippen LogP contribution in [0.2, 0.25) is 0 Å². The quantitative estimate of drug-likeness (QED) is 0.864. The van der Waals surface area contributed by atoms with Gasteiger partial charge in [0.25, 0.3) is 5.91 Å². The Kier molecular flexibility index (Phi) is 3.73. The maximum atomic E-state index is 12.2. The summed E-state index contributed by atoms with van der Waals surface area (Å²) in [6.45, 7) is 1.87. The molecule has 1 amide bonds. The summed E-state index contributed by atoms with van der Waals surface area (Å²) in [5.41, 5.74) is 0.620. The number of nitrogens with zero attached hydrogens (tertiary/aromatic N) is 3. The molecule has 1 atom stereocenters. The lowest BCUT2D eigenvalue weighted by Crippen LogP contribution is -2.45. The van der Waals surface area contributed by atoms with Crippen LogP contribution >= 0.6 is 0 Å². The van der Waals surface area contributed by atoms with Crippen molar-refractivity contribution in [1.29, 1.82) is 0 Å². The lowest BCUT2D eigenvalue weighted by Gasteiger charge is -2.23. The molecule has 0 spiro atoms. The van der Waals surface area contributed by atoms with E-state index in [1.165, 1.54) is 0 Å². The molecule has 0 radical (unpaired) electrons. The third-order valence-electron chi connectivity index (χ3n) is 3.41. The van der Waals surface area contributed by atoms with Gasteiger partial charge in [0.15, 0.2) is 0 Å². The number of rotatable bonds is 3. The smallest absolute Gasteiger partial charge is 0.251 e. The predicted octanol–water partition coefficient (Wildman–Crippen LogP) is 0.749. The fourth-order valence-electron chi connectivity index (χ4n) is 2.34. The Bertz CT molecular complexity index is 575. The summed E-state index contributed by atoms with van der Waals surface area (Å²) < 4.78 is 1.78. The van der Waals surface area contributed by atoms with Gasteiger partial charge in [-0.2, -0.15) is 0 Å². The lowest BCUT2D eigenvalue weighted by molar-refractivity contribution is 0.0930. The van der Waals surface area contributed by atoms with E-state index < -0.39 is 0 Å². The predicted molar refractivity (Wildman–Crippen MR) is 74.7 cm³/mol. The number of nitrogens with one attached hydrogen (secondary N) is 2. The molecule has 0 saturated carbocycles. The van der Waals surface area contributed by atoms with Crippen LogP contribution in [0.1, 0.15) is 23.2 Å². The van der Waals surface area contributed by atoms with E-state index >= 15 is 0 Å². The van der Waals surface area contributed by atoms with Gasteiger partial charge in [0.05, 0.1) is 0 Å².